The number of thiophene rings is 1. The quantitative estimate of drug-likeness (QED) is 0.799. The predicted molar refractivity (Wildman–Crippen MR) is 64.3 cm³/mol. The molecule has 2 heterocycles. The third-order valence-corrected chi connectivity index (χ3v) is 3.19. The molecule has 0 amide bonds. The molecule has 0 aliphatic carbocycles. The summed E-state index contributed by atoms with van der Waals surface area (Å²) in [5.74, 6) is 6.56. The fourth-order valence-corrected chi connectivity index (χ4v) is 2.28. The highest BCUT2D eigenvalue weighted by Crippen LogP contribution is 2.17. The van der Waals surface area contributed by atoms with Gasteiger partial charge in [-0.25, -0.2) is 4.98 Å². The molecule has 82 valence electrons. The highest BCUT2D eigenvalue weighted by Gasteiger charge is 2.01. The summed E-state index contributed by atoms with van der Waals surface area (Å²) in [6.45, 7) is 2.73. The molecule has 0 unspecified atom stereocenters. The number of aryl methyl sites for hydroxylation is 1. The van der Waals surface area contributed by atoms with Gasteiger partial charge < -0.3 is 9.67 Å². The van der Waals surface area contributed by atoms with Crippen LogP contribution in [0.5, 0.6) is 0 Å². The van der Waals surface area contributed by atoms with Gasteiger partial charge in [0.2, 0.25) is 0 Å². The topological polar surface area (TPSA) is 38.0 Å². The number of rotatable bonds is 2. The van der Waals surface area contributed by atoms with Crippen molar-refractivity contribution in [3.05, 3.63) is 40.1 Å². The van der Waals surface area contributed by atoms with Crippen LogP contribution in [0, 0.1) is 18.8 Å². The number of hydrogen-bond acceptors (Lipinski definition) is 3. The molecule has 0 saturated heterocycles. The van der Waals surface area contributed by atoms with Crippen molar-refractivity contribution in [2.45, 2.75) is 13.5 Å². The van der Waals surface area contributed by atoms with Gasteiger partial charge in [-0.3, -0.25) is 0 Å². The molecule has 1 N–H and O–H groups in total. The molecule has 0 saturated carbocycles. The van der Waals surface area contributed by atoms with E-state index in [-0.39, 0.29) is 6.61 Å². The smallest absolute Gasteiger partial charge is 0.105 e. The molecular formula is C12H12N2OS. The monoisotopic (exact) mass is 232 g/mol. The van der Waals surface area contributed by atoms with Crippen molar-refractivity contribution < 1.29 is 5.11 Å². The summed E-state index contributed by atoms with van der Waals surface area (Å²) < 4.78 is 2.09. The van der Waals surface area contributed by atoms with Crippen molar-refractivity contribution in [1.82, 2.24) is 9.55 Å². The average Bonchev–Trinajstić information content (AvgIpc) is 2.87. The number of imidazole rings is 1. The van der Waals surface area contributed by atoms with E-state index in [2.05, 4.69) is 27.5 Å². The van der Waals surface area contributed by atoms with Crippen molar-refractivity contribution in [3.8, 4) is 11.8 Å². The second kappa shape index (κ2) is 4.97. The molecule has 2 rings (SSSR count). The summed E-state index contributed by atoms with van der Waals surface area (Å²) in [5, 5.41) is 8.60. The number of aromatic nitrogens is 2. The Labute approximate surface area is 98.4 Å². The van der Waals surface area contributed by atoms with Crippen LogP contribution in [0.2, 0.25) is 0 Å². The normalized spacial score (nSPS) is 9.88. The van der Waals surface area contributed by atoms with Crippen LogP contribution < -0.4 is 0 Å². The predicted octanol–water partition coefficient (Wildman–Crippen LogP) is 1.65. The Kier molecular flexibility index (Phi) is 3.40. The lowest BCUT2D eigenvalue weighted by molar-refractivity contribution is 0.350. The minimum absolute atomic E-state index is 0.0894. The van der Waals surface area contributed by atoms with Crippen molar-refractivity contribution in [1.29, 1.82) is 0 Å². The molecule has 3 nitrogen and oxygen atoms in total. The molecular weight excluding hydrogens is 220 g/mol. The van der Waals surface area contributed by atoms with Gasteiger partial charge in [0.25, 0.3) is 0 Å². The molecule has 2 aromatic rings. The molecule has 2 aromatic heterocycles. The van der Waals surface area contributed by atoms with Crippen molar-refractivity contribution in [2.75, 3.05) is 6.61 Å². The van der Waals surface area contributed by atoms with E-state index in [0.29, 0.717) is 0 Å². The average molecular weight is 232 g/mol. The van der Waals surface area contributed by atoms with Gasteiger partial charge in [0.1, 0.15) is 12.4 Å². The Balaban J connectivity index is 2.11. The minimum Gasteiger partial charge on any atom is -0.384 e. The van der Waals surface area contributed by atoms with Gasteiger partial charge in [-0.15, -0.1) is 11.3 Å². The molecule has 0 radical (unpaired) electrons. The summed E-state index contributed by atoms with van der Waals surface area (Å²) >= 11 is 1.65. The maximum absolute atomic E-state index is 8.60. The summed E-state index contributed by atoms with van der Waals surface area (Å²) in [6, 6.07) is 4.04. The summed E-state index contributed by atoms with van der Waals surface area (Å²) in [5.41, 5.74) is 0. The zero-order valence-electron chi connectivity index (χ0n) is 8.97. The van der Waals surface area contributed by atoms with Gasteiger partial charge in [-0.2, -0.15) is 0 Å². The van der Waals surface area contributed by atoms with Gasteiger partial charge in [-0.1, -0.05) is 11.8 Å². The lowest BCUT2D eigenvalue weighted by Crippen LogP contribution is -1.98. The molecule has 0 atom stereocenters. The first-order valence-corrected chi connectivity index (χ1v) is 5.77. The largest absolute Gasteiger partial charge is 0.384 e. The van der Waals surface area contributed by atoms with Crippen molar-refractivity contribution >= 4 is 11.3 Å². The van der Waals surface area contributed by atoms with Crippen LogP contribution in [0.25, 0.3) is 0 Å². The second-order valence-electron chi connectivity index (χ2n) is 3.33. The van der Waals surface area contributed by atoms with Gasteiger partial charge in [0.15, 0.2) is 0 Å². The van der Waals surface area contributed by atoms with Crippen LogP contribution in [0.3, 0.4) is 0 Å². The summed E-state index contributed by atoms with van der Waals surface area (Å²) in [6.07, 6.45) is 3.77. The number of aliphatic hydroxyl groups excluding tert-OH is 1. The number of nitrogens with zero attached hydrogens (tertiary/aromatic N) is 2. The van der Waals surface area contributed by atoms with E-state index in [1.165, 1.54) is 4.88 Å². The van der Waals surface area contributed by atoms with Crippen LogP contribution in [0.15, 0.2) is 24.5 Å². The Bertz CT molecular complexity index is 530. The van der Waals surface area contributed by atoms with E-state index in [4.69, 9.17) is 5.11 Å². The van der Waals surface area contributed by atoms with Gasteiger partial charge >= 0.3 is 0 Å². The Hall–Kier alpha value is -1.57. The number of hydrogen-bond donors (Lipinski definition) is 1. The number of aliphatic hydroxyl groups is 1. The molecule has 16 heavy (non-hydrogen) atoms. The molecule has 4 heteroatoms. The minimum atomic E-state index is -0.0894. The first-order valence-electron chi connectivity index (χ1n) is 4.96. The van der Waals surface area contributed by atoms with E-state index < -0.39 is 0 Å². The zero-order valence-corrected chi connectivity index (χ0v) is 9.79. The first-order chi connectivity index (χ1) is 7.79. The molecule has 0 aliphatic rings. The highest BCUT2D eigenvalue weighted by molar-refractivity contribution is 7.12. The van der Waals surface area contributed by atoms with Crippen molar-refractivity contribution in [2.24, 2.45) is 0 Å². The SMILES string of the molecule is Cc1nccn1Cc1ccc(C#CCO)s1. The van der Waals surface area contributed by atoms with Crippen LogP contribution >= 0.6 is 11.3 Å². The lowest BCUT2D eigenvalue weighted by Gasteiger charge is -2.01. The molecule has 0 spiro atoms. The molecule has 0 fully saturated rings. The Morgan fingerprint density at radius 1 is 1.50 bits per heavy atom. The Morgan fingerprint density at radius 2 is 2.38 bits per heavy atom. The fraction of sp³-hybridized carbons (Fsp3) is 0.250. The van der Waals surface area contributed by atoms with E-state index in [1.54, 1.807) is 17.5 Å². The third kappa shape index (κ3) is 2.51. The van der Waals surface area contributed by atoms with Crippen LogP contribution in [-0.2, 0) is 6.54 Å². The molecule has 0 aliphatic heterocycles. The van der Waals surface area contributed by atoms with Gasteiger partial charge in [0, 0.05) is 17.3 Å². The summed E-state index contributed by atoms with van der Waals surface area (Å²) in [7, 11) is 0. The van der Waals surface area contributed by atoms with Gasteiger partial charge in [-0.05, 0) is 19.1 Å². The lowest BCUT2D eigenvalue weighted by atomic mass is 10.4. The third-order valence-electron chi connectivity index (χ3n) is 2.20. The summed E-state index contributed by atoms with van der Waals surface area (Å²) in [4.78, 5) is 6.40. The fourth-order valence-electron chi connectivity index (χ4n) is 1.40. The van der Waals surface area contributed by atoms with Gasteiger partial charge in [0.05, 0.1) is 11.4 Å². The van der Waals surface area contributed by atoms with E-state index in [9.17, 15) is 0 Å². The van der Waals surface area contributed by atoms with E-state index in [1.807, 2.05) is 19.2 Å². The standard InChI is InChI=1S/C12H12N2OS/c1-10-13-6-7-14(10)9-12-5-4-11(16-12)3-2-8-15/h4-7,15H,8-9H2,1H3. The van der Waals surface area contributed by atoms with E-state index >= 15 is 0 Å². The van der Waals surface area contributed by atoms with E-state index in [0.717, 1.165) is 17.2 Å². The van der Waals surface area contributed by atoms with Crippen LogP contribution in [-0.4, -0.2) is 21.3 Å². The maximum atomic E-state index is 8.60. The second-order valence-corrected chi connectivity index (χ2v) is 4.50. The zero-order chi connectivity index (χ0) is 11.4. The van der Waals surface area contributed by atoms with Crippen LogP contribution in [0.1, 0.15) is 15.6 Å². The van der Waals surface area contributed by atoms with Crippen molar-refractivity contribution in [3.63, 3.8) is 0 Å². The molecule has 0 bridgehead atoms. The maximum Gasteiger partial charge on any atom is 0.105 e. The Morgan fingerprint density at radius 3 is 3.06 bits per heavy atom. The molecule has 0 aromatic carbocycles. The highest BCUT2D eigenvalue weighted by atomic mass is 32.1. The van der Waals surface area contributed by atoms with Crippen LogP contribution in [0.4, 0.5) is 0 Å². The first kappa shape index (κ1) is 10.9.